The van der Waals surface area contributed by atoms with E-state index in [4.69, 9.17) is 16.3 Å². The molecule has 0 aliphatic carbocycles. The van der Waals surface area contributed by atoms with Crippen LogP contribution >= 0.6 is 11.6 Å². The van der Waals surface area contributed by atoms with E-state index in [1.807, 2.05) is 42.7 Å². The molecule has 3 aromatic rings. The highest BCUT2D eigenvalue weighted by molar-refractivity contribution is 6.31. The van der Waals surface area contributed by atoms with Crippen molar-refractivity contribution in [1.29, 1.82) is 0 Å². The van der Waals surface area contributed by atoms with Gasteiger partial charge in [0.25, 0.3) is 0 Å². The van der Waals surface area contributed by atoms with Gasteiger partial charge in [0.05, 0.1) is 11.6 Å². The molecular weight excluding hydrogens is 453 g/mol. The van der Waals surface area contributed by atoms with Crippen LogP contribution in [0.25, 0.3) is 22.2 Å². The van der Waals surface area contributed by atoms with E-state index in [2.05, 4.69) is 10.2 Å². The summed E-state index contributed by atoms with van der Waals surface area (Å²) in [6.45, 7) is 8.14. The van der Waals surface area contributed by atoms with Gasteiger partial charge in [-0.2, -0.15) is 0 Å². The highest BCUT2D eigenvalue weighted by Crippen LogP contribution is 2.32. The molecule has 0 unspecified atom stereocenters. The number of hydrogen-bond acceptors (Lipinski definition) is 3. The highest BCUT2D eigenvalue weighted by Gasteiger charge is 2.16. The minimum atomic E-state index is -0.467. The Kier molecular flexibility index (Phi) is 8.11. The average molecular weight is 486 g/mol. The molecule has 1 aliphatic rings. The van der Waals surface area contributed by atoms with Gasteiger partial charge in [-0.15, -0.1) is 0 Å². The van der Waals surface area contributed by atoms with Crippen molar-refractivity contribution < 1.29 is 13.9 Å². The van der Waals surface area contributed by atoms with Gasteiger partial charge in [-0.25, -0.2) is 4.39 Å². The topological polar surface area (TPSA) is 46.5 Å². The summed E-state index contributed by atoms with van der Waals surface area (Å²) in [6.07, 6.45) is 4.93. The molecule has 7 heteroatoms. The Morgan fingerprint density at radius 1 is 1.12 bits per heavy atom. The number of rotatable bonds is 9. The lowest BCUT2D eigenvalue weighted by Crippen LogP contribution is -2.33. The Labute approximate surface area is 205 Å². The molecule has 0 saturated carbocycles. The normalized spacial score (nSPS) is 14.6. The zero-order valence-corrected chi connectivity index (χ0v) is 20.7. The van der Waals surface area contributed by atoms with Crippen molar-refractivity contribution in [3.63, 3.8) is 0 Å². The van der Waals surface area contributed by atoms with Crippen LogP contribution in [-0.2, 0) is 11.3 Å². The van der Waals surface area contributed by atoms with E-state index in [1.165, 1.54) is 38.4 Å². The van der Waals surface area contributed by atoms with Crippen molar-refractivity contribution in [2.24, 2.45) is 0 Å². The number of hydrogen-bond donors (Lipinski definition) is 1. The quantitative estimate of drug-likeness (QED) is 0.385. The maximum absolute atomic E-state index is 13.8. The third-order valence-electron chi connectivity index (χ3n) is 6.18. The minimum Gasteiger partial charge on any atom is -0.494 e. The number of carbonyl (C=O) groups is 1. The van der Waals surface area contributed by atoms with Gasteiger partial charge in [-0.05, 0) is 94.2 Å². The molecule has 2 aromatic carbocycles. The molecule has 1 fully saturated rings. The predicted octanol–water partition coefficient (Wildman–Crippen LogP) is 5.88. The smallest absolute Gasteiger partial charge is 0.240 e. The maximum Gasteiger partial charge on any atom is 0.240 e. The van der Waals surface area contributed by atoms with Crippen LogP contribution < -0.4 is 10.1 Å². The molecule has 0 atom stereocenters. The summed E-state index contributed by atoms with van der Waals surface area (Å²) < 4.78 is 21.8. The standard InChI is InChI=1S/C27H33ClFN3O2/c1-19(2)30-27(33)18-32-25-10-8-22(34-14-6-13-31-11-4-3-5-12-31)15-21(25)17-26(32)20-7-9-24(29)23(28)16-20/h7-10,15-17,19H,3-6,11-14,18H2,1-2H3,(H,30,33). The van der Waals surface area contributed by atoms with Gasteiger partial charge in [0.2, 0.25) is 5.91 Å². The van der Waals surface area contributed by atoms with Crippen molar-refractivity contribution in [2.75, 3.05) is 26.2 Å². The second-order valence-corrected chi connectivity index (χ2v) is 9.70. The molecule has 182 valence electrons. The third-order valence-corrected chi connectivity index (χ3v) is 6.47. The molecule has 2 heterocycles. The summed E-state index contributed by atoms with van der Waals surface area (Å²) in [5.74, 6) is 0.254. The molecular formula is C27H33ClFN3O2. The Morgan fingerprint density at radius 3 is 2.65 bits per heavy atom. The van der Waals surface area contributed by atoms with E-state index < -0.39 is 5.82 Å². The van der Waals surface area contributed by atoms with Crippen molar-refractivity contribution in [2.45, 2.75) is 52.1 Å². The predicted molar refractivity (Wildman–Crippen MR) is 136 cm³/mol. The van der Waals surface area contributed by atoms with Crippen LogP contribution in [0.2, 0.25) is 5.02 Å². The number of nitrogens with one attached hydrogen (secondary N) is 1. The molecule has 1 aromatic heterocycles. The fraction of sp³-hybridized carbons (Fsp3) is 0.444. The van der Waals surface area contributed by atoms with E-state index in [9.17, 15) is 9.18 Å². The van der Waals surface area contributed by atoms with Crippen LogP contribution in [0.3, 0.4) is 0 Å². The summed E-state index contributed by atoms with van der Waals surface area (Å²) in [5, 5.41) is 3.96. The summed E-state index contributed by atoms with van der Waals surface area (Å²) in [5.41, 5.74) is 2.47. The van der Waals surface area contributed by atoms with Crippen LogP contribution in [0.5, 0.6) is 5.75 Å². The number of carbonyl (C=O) groups excluding carboxylic acids is 1. The minimum absolute atomic E-state index is 0.0444. The summed E-state index contributed by atoms with van der Waals surface area (Å²) in [7, 11) is 0. The van der Waals surface area contributed by atoms with Crippen molar-refractivity contribution in [3.05, 3.63) is 53.3 Å². The summed E-state index contributed by atoms with van der Waals surface area (Å²) >= 11 is 6.05. The number of likely N-dealkylation sites (tertiary alicyclic amines) is 1. The molecule has 0 spiro atoms. The van der Waals surface area contributed by atoms with E-state index >= 15 is 0 Å². The second-order valence-electron chi connectivity index (χ2n) is 9.29. The van der Waals surface area contributed by atoms with E-state index in [1.54, 1.807) is 12.1 Å². The number of piperidine rings is 1. The number of fused-ring (bicyclic) bond motifs is 1. The summed E-state index contributed by atoms with van der Waals surface area (Å²) in [4.78, 5) is 15.1. The summed E-state index contributed by atoms with van der Waals surface area (Å²) in [6, 6.07) is 12.6. The van der Waals surface area contributed by atoms with Gasteiger partial charge in [-0.3, -0.25) is 4.79 Å². The van der Waals surface area contributed by atoms with Crippen LogP contribution in [0.4, 0.5) is 4.39 Å². The molecule has 1 saturated heterocycles. The van der Waals surface area contributed by atoms with Gasteiger partial charge >= 0.3 is 0 Å². The zero-order chi connectivity index (χ0) is 24.1. The zero-order valence-electron chi connectivity index (χ0n) is 19.9. The van der Waals surface area contributed by atoms with Crippen molar-refractivity contribution in [3.8, 4) is 17.0 Å². The van der Waals surface area contributed by atoms with Crippen LogP contribution in [0.15, 0.2) is 42.5 Å². The third kappa shape index (κ3) is 6.10. The number of aromatic nitrogens is 1. The lowest BCUT2D eigenvalue weighted by molar-refractivity contribution is -0.122. The largest absolute Gasteiger partial charge is 0.494 e. The molecule has 1 amide bonds. The van der Waals surface area contributed by atoms with Crippen LogP contribution in [-0.4, -0.2) is 47.7 Å². The molecule has 5 nitrogen and oxygen atoms in total. The number of ether oxygens (including phenoxy) is 1. The van der Waals surface area contributed by atoms with Gasteiger partial charge in [0.1, 0.15) is 18.1 Å². The van der Waals surface area contributed by atoms with Crippen LogP contribution in [0, 0.1) is 5.82 Å². The Hall–Kier alpha value is -2.57. The number of halogens is 2. The fourth-order valence-corrected chi connectivity index (χ4v) is 4.76. The molecule has 1 aliphatic heterocycles. The first-order valence-corrected chi connectivity index (χ1v) is 12.5. The first-order chi connectivity index (χ1) is 16.4. The van der Waals surface area contributed by atoms with Gasteiger partial charge < -0.3 is 19.5 Å². The van der Waals surface area contributed by atoms with E-state index in [-0.39, 0.29) is 23.5 Å². The second kappa shape index (κ2) is 11.2. The number of amides is 1. The number of benzene rings is 2. The highest BCUT2D eigenvalue weighted by atomic mass is 35.5. The van der Waals surface area contributed by atoms with E-state index in [0.29, 0.717) is 6.61 Å². The lowest BCUT2D eigenvalue weighted by Gasteiger charge is -2.26. The van der Waals surface area contributed by atoms with Crippen molar-refractivity contribution in [1.82, 2.24) is 14.8 Å². The van der Waals surface area contributed by atoms with Gasteiger partial charge in [0, 0.05) is 29.2 Å². The molecule has 0 bridgehead atoms. The Balaban J connectivity index is 1.54. The van der Waals surface area contributed by atoms with Gasteiger partial charge in [0.15, 0.2) is 0 Å². The molecule has 4 rings (SSSR count). The van der Waals surface area contributed by atoms with Crippen molar-refractivity contribution >= 4 is 28.4 Å². The van der Waals surface area contributed by atoms with Gasteiger partial charge in [-0.1, -0.05) is 18.0 Å². The lowest BCUT2D eigenvalue weighted by atomic mass is 10.1. The average Bonchev–Trinajstić information content (AvgIpc) is 3.16. The number of nitrogens with zero attached hydrogens (tertiary/aromatic N) is 2. The molecule has 0 radical (unpaired) electrons. The van der Waals surface area contributed by atoms with Crippen LogP contribution in [0.1, 0.15) is 39.5 Å². The fourth-order valence-electron chi connectivity index (χ4n) is 4.58. The monoisotopic (exact) mass is 485 g/mol. The maximum atomic E-state index is 13.8. The molecule has 34 heavy (non-hydrogen) atoms. The Bertz CT molecular complexity index is 1140. The Morgan fingerprint density at radius 2 is 1.91 bits per heavy atom. The molecule has 1 N–H and O–H groups in total. The van der Waals surface area contributed by atoms with E-state index in [0.717, 1.165) is 40.9 Å². The first-order valence-electron chi connectivity index (χ1n) is 12.1. The first kappa shape index (κ1) is 24.6. The SMILES string of the molecule is CC(C)NC(=O)Cn1c(-c2ccc(F)c(Cl)c2)cc2cc(OCCCN3CCCCC3)ccc21.